The number of anilines is 1. The van der Waals surface area contributed by atoms with Gasteiger partial charge in [-0.25, -0.2) is 9.97 Å². The Morgan fingerprint density at radius 3 is 2.60 bits per heavy atom. The topological polar surface area (TPSA) is 95.4 Å². The van der Waals surface area contributed by atoms with Crippen LogP contribution in [0.1, 0.15) is 24.4 Å². The second kappa shape index (κ2) is 7.74. The van der Waals surface area contributed by atoms with Gasteiger partial charge in [0.2, 0.25) is 11.9 Å². The molecule has 1 aromatic heterocycles. The summed E-state index contributed by atoms with van der Waals surface area (Å²) < 4.78 is 0. The van der Waals surface area contributed by atoms with E-state index in [9.17, 15) is 14.7 Å². The molecule has 2 heterocycles. The predicted octanol–water partition coefficient (Wildman–Crippen LogP) is 1.95. The first kappa shape index (κ1) is 16.9. The van der Waals surface area contributed by atoms with Crippen LogP contribution >= 0.6 is 0 Å². The Hall–Kier alpha value is -2.96. The van der Waals surface area contributed by atoms with Gasteiger partial charge in [0.1, 0.15) is 0 Å². The van der Waals surface area contributed by atoms with Crippen molar-refractivity contribution in [3.8, 4) is 0 Å². The van der Waals surface area contributed by atoms with Gasteiger partial charge in [-0.15, -0.1) is 0 Å². The highest BCUT2D eigenvalue weighted by Gasteiger charge is 2.40. The Morgan fingerprint density at radius 2 is 1.92 bits per heavy atom. The number of carbonyl (C=O) groups is 2. The highest BCUT2D eigenvalue weighted by Crippen LogP contribution is 2.36. The van der Waals surface area contributed by atoms with Crippen molar-refractivity contribution in [3.63, 3.8) is 0 Å². The van der Waals surface area contributed by atoms with Crippen LogP contribution in [-0.4, -0.2) is 44.9 Å². The molecule has 0 spiro atoms. The molecule has 1 aliphatic heterocycles. The third-order valence-electron chi connectivity index (χ3n) is 4.37. The van der Waals surface area contributed by atoms with E-state index in [0.717, 1.165) is 5.56 Å². The van der Waals surface area contributed by atoms with Crippen molar-refractivity contribution in [3.05, 3.63) is 54.4 Å². The second-order valence-electron chi connectivity index (χ2n) is 5.93. The van der Waals surface area contributed by atoms with E-state index in [-0.39, 0.29) is 12.3 Å². The minimum Gasteiger partial charge on any atom is -0.481 e. The molecule has 1 fully saturated rings. The molecule has 7 nitrogen and oxygen atoms in total. The number of rotatable bonds is 6. The third-order valence-corrected chi connectivity index (χ3v) is 4.37. The fraction of sp³-hybridized carbons (Fsp3) is 0.333. The summed E-state index contributed by atoms with van der Waals surface area (Å²) in [6.45, 7) is 0.839. The lowest BCUT2D eigenvalue weighted by Gasteiger charge is -2.39. The molecule has 3 rings (SSSR count). The number of piperidine rings is 1. The van der Waals surface area contributed by atoms with Gasteiger partial charge in [0.05, 0.1) is 12.0 Å². The molecule has 1 aliphatic rings. The molecule has 1 amide bonds. The lowest BCUT2D eigenvalue weighted by molar-refractivity contribution is -0.151. The number of nitrogens with one attached hydrogen (secondary N) is 1. The molecule has 1 aromatic carbocycles. The molecule has 0 radical (unpaired) electrons. The van der Waals surface area contributed by atoms with Gasteiger partial charge in [-0.05, 0) is 18.1 Å². The lowest BCUT2D eigenvalue weighted by Crippen LogP contribution is -2.47. The first-order chi connectivity index (χ1) is 12.2. The van der Waals surface area contributed by atoms with Crippen molar-refractivity contribution in [2.75, 3.05) is 18.4 Å². The summed E-state index contributed by atoms with van der Waals surface area (Å²) >= 11 is 0. The van der Waals surface area contributed by atoms with Crippen LogP contribution in [0.2, 0.25) is 0 Å². The molecular formula is C18H20N4O3. The normalized spacial score (nSPS) is 20.3. The summed E-state index contributed by atoms with van der Waals surface area (Å²) in [4.78, 5) is 34.0. The molecule has 25 heavy (non-hydrogen) atoms. The molecule has 2 atom stereocenters. The smallest absolute Gasteiger partial charge is 0.308 e. The van der Waals surface area contributed by atoms with Crippen molar-refractivity contribution < 1.29 is 14.7 Å². The number of aromatic nitrogens is 2. The Morgan fingerprint density at radius 1 is 1.20 bits per heavy atom. The zero-order chi connectivity index (χ0) is 17.6. The van der Waals surface area contributed by atoms with Crippen molar-refractivity contribution in [1.29, 1.82) is 0 Å². The van der Waals surface area contributed by atoms with Crippen LogP contribution in [0.4, 0.5) is 5.95 Å². The number of hydrogen-bond donors (Lipinski definition) is 2. The Bertz CT molecular complexity index is 724. The van der Waals surface area contributed by atoms with E-state index in [1.165, 1.54) is 0 Å². The van der Waals surface area contributed by atoms with Gasteiger partial charge in [-0.2, -0.15) is 0 Å². The zero-order valence-corrected chi connectivity index (χ0v) is 13.7. The highest BCUT2D eigenvalue weighted by atomic mass is 16.4. The fourth-order valence-electron chi connectivity index (χ4n) is 3.22. The first-order valence-corrected chi connectivity index (χ1v) is 8.25. The average Bonchev–Trinajstić information content (AvgIpc) is 2.64. The molecule has 130 valence electrons. The van der Waals surface area contributed by atoms with Crippen LogP contribution in [0, 0.1) is 5.92 Å². The second-order valence-corrected chi connectivity index (χ2v) is 5.93. The van der Waals surface area contributed by atoms with Crippen LogP contribution in [0.3, 0.4) is 0 Å². The fourth-order valence-corrected chi connectivity index (χ4v) is 3.22. The van der Waals surface area contributed by atoms with E-state index >= 15 is 0 Å². The van der Waals surface area contributed by atoms with E-state index in [2.05, 4.69) is 15.3 Å². The first-order valence-electron chi connectivity index (χ1n) is 8.25. The van der Waals surface area contributed by atoms with Gasteiger partial charge in [0, 0.05) is 31.9 Å². The van der Waals surface area contributed by atoms with Crippen molar-refractivity contribution >= 4 is 17.8 Å². The molecule has 0 unspecified atom stereocenters. The number of carboxylic acids is 1. The van der Waals surface area contributed by atoms with Crippen molar-refractivity contribution in [1.82, 2.24) is 14.9 Å². The summed E-state index contributed by atoms with van der Waals surface area (Å²) in [5.74, 6) is -1.01. The number of carboxylic acid groups (broad SMARTS) is 1. The van der Waals surface area contributed by atoms with Crippen molar-refractivity contribution in [2.45, 2.75) is 18.9 Å². The largest absolute Gasteiger partial charge is 0.481 e. The zero-order valence-electron chi connectivity index (χ0n) is 13.7. The minimum absolute atomic E-state index is 0.0258. The van der Waals surface area contributed by atoms with Gasteiger partial charge in [0.15, 0.2) is 0 Å². The summed E-state index contributed by atoms with van der Waals surface area (Å²) in [6, 6.07) is 10.6. The Labute approximate surface area is 145 Å². The molecule has 0 saturated carbocycles. The molecule has 2 aromatic rings. The van der Waals surface area contributed by atoms with E-state index in [0.29, 0.717) is 25.5 Å². The monoisotopic (exact) mass is 340 g/mol. The molecule has 2 N–H and O–H groups in total. The lowest BCUT2D eigenvalue weighted by atomic mass is 9.84. The summed E-state index contributed by atoms with van der Waals surface area (Å²) in [5, 5.41) is 12.7. The third kappa shape index (κ3) is 3.93. The van der Waals surface area contributed by atoms with Gasteiger partial charge in [0.25, 0.3) is 0 Å². The maximum Gasteiger partial charge on any atom is 0.308 e. The van der Waals surface area contributed by atoms with Gasteiger partial charge >= 0.3 is 5.97 Å². The standard InChI is InChI=1S/C18H20N4O3/c23-15-8-7-14(17(24)25)16(13-5-2-1-3-6-13)22(15)12-11-21-18-19-9-4-10-20-18/h1-6,9-10,14,16H,7-8,11-12H2,(H,24,25)(H,19,20,21)/t14-,16+/m1/s1. The Kier molecular flexibility index (Phi) is 5.23. The van der Waals surface area contributed by atoms with E-state index in [1.54, 1.807) is 23.4 Å². The number of likely N-dealkylation sites (tertiary alicyclic amines) is 1. The van der Waals surface area contributed by atoms with E-state index in [4.69, 9.17) is 0 Å². The molecule has 1 saturated heterocycles. The maximum atomic E-state index is 12.5. The van der Waals surface area contributed by atoms with Gasteiger partial charge in [-0.3, -0.25) is 9.59 Å². The quantitative estimate of drug-likeness (QED) is 0.834. The van der Waals surface area contributed by atoms with Gasteiger partial charge < -0.3 is 15.3 Å². The Balaban J connectivity index is 1.77. The number of carbonyl (C=O) groups excluding carboxylic acids is 1. The summed E-state index contributed by atoms with van der Waals surface area (Å²) in [6.07, 6.45) is 3.88. The van der Waals surface area contributed by atoms with Gasteiger partial charge in [-0.1, -0.05) is 30.3 Å². The number of benzene rings is 1. The van der Waals surface area contributed by atoms with Crippen LogP contribution in [0.5, 0.6) is 0 Å². The molecule has 0 bridgehead atoms. The van der Waals surface area contributed by atoms with Crippen LogP contribution in [0.15, 0.2) is 48.8 Å². The SMILES string of the molecule is O=C(O)[C@@H]1CCC(=O)N(CCNc2ncccn2)[C@H]1c1ccccc1. The molecule has 7 heteroatoms. The maximum absolute atomic E-state index is 12.5. The van der Waals surface area contributed by atoms with E-state index < -0.39 is 17.9 Å². The number of hydrogen-bond acceptors (Lipinski definition) is 5. The van der Waals surface area contributed by atoms with Crippen LogP contribution < -0.4 is 5.32 Å². The van der Waals surface area contributed by atoms with Crippen LogP contribution in [-0.2, 0) is 9.59 Å². The molecule has 0 aliphatic carbocycles. The molecular weight excluding hydrogens is 320 g/mol. The number of amides is 1. The minimum atomic E-state index is -0.870. The van der Waals surface area contributed by atoms with Crippen LogP contribution in [0.25, 0.3) is 0 Å². The average molecular weight is 340 g/mol. The van der Waals surface area contributed by atoms with Crippen molar-refractivity contribution in [2.24, 2.45) is 5.92 Å². The predicted molar refractivity (Wildman–Crippen MR) is 91.8 cm³/mol. The summed E-state index contributed by atoms with van der Waals surface area (Å²) in [7, 11) is 0. The number of aliphatic carboxylic acids is 1. The summed E-state index contributed by atoms with van der Waals surface area (Å²) in [5.41, 5.74) is 0.846. The number of nitrogens with zero attached hydrogens (tertiary/aromatic N) is 3. The van der Waals surface area contributed by atoms with E-state index in [1.807, 2.05) is 30.3 Å². The highest BCUT2D eigenvalue weighted by molar-refractivity contribution is 5.81.